The third-order valence-electron chi connectivity index (χ3n) is 3.28. The van der Waals surface area contributed by atoms with Crippen LogP contribution in [0.3, 0.4) is 0 Å². The molecule has 1 aliphatic carbocycles. The van der Waals surface area contributed by atoms with E-state index in [1.165, 1.54) is 18.4 Å². The summed E-state index contributed by atoms with van der Waals surface area (Å²) in [4.78, 5) is 27.4. The zero-order valence-electron chi connectivity index (χ0n) is 11.6. The Morgan fingerprint density at radius 3 is 2.68 bits per heavy atom. The Kier molecular flexibility index (Phi) is 3.86. The molecule has 1 heterocycles. The Morgan fingerprint density at radius 2 is 2.00 bits per heavy atom. The summed E-state index contributed by atoms with van der Waals surface area (Å²) in [6.45, 7) is 0.246. The van der Waals surface area contributed by atoms with E-state index in [1.807, 2.05) is 0 Å². The molecule has 3 rings (SSSR count). The lowest BCUT2D eigenvalue weighted by Crippen LogP contribution is -2.23. The van der Waals surface area contributed by atoms with Crippen LogP contribution in [0.2, 0.25) is 0 Å². The van der Waals surface area contributed by atoms with Gasteiger partial charge < -0.3 is 9.73 Å². The van der Waals surface area contributed by atoms with Crippen molar-refractivity contribution in [2.24, 2.45) is 5.92 Å². The third-order valence-corrected chi connectivity index (χ3v) is 3.28. The smallest absolute Gasteiger partial charge is 0.302 e. The van der Waals surface area contributed by atoms with Crippen molar-refractivity contribution in [3.8, 4) is 0 Å². The van der Waals surface area contributed by atoms with Crippen LogP contribution in [-0.4, -0.2) is 16.8 Å². The number of rotatable bonds is 5. The maximum Gasteiger partial charge on any atom is 0.302 e. The van der Waals surface area contributed by atoms with Crippen molar-refractivity contribution >= 4 is 17.8 Å². The predicted molar refractivity (Wildman–Crippen MR) is 75.4 cm³/mol. The molecule has 1 aromatic carbocycles. The Balaban J connectivity index is 1.54. The number of benzene rings is 1. The molecule has 2 amide bonds. The fraction of sp³-hybridized carbons (Fsp3) is 0.267. The van der Waals surface area contributed by atoms with E-state index in [4.69, 9.17) is 4.42 Å². The highest BCUT2D eigenvalue weighted by Crippen LogP contribution is 2.30. The fourth-order valence-electron chi connectivity index (χ4n) is 1.86. The predicted octanol–water partition coefficient (Wildman–Crippen LogP) is 2.09. The first-order chi connectivity index (χ1) is 10.6. The van der Waals surface area contributed by atoms with Crippen LogP contribution in [0.5, 0.6) is 0 Å². The van der Waals surface area contributed by atoms with Crippen molar-refractivity contribution in [3.63, 3.8) is 0 Å². The first-order valence-electron chi connectivity index (χ1n) is 6.91. The summed E-state index contributed by atoms with van der Waals surface area (Å²) in [5.41, 5.74) is 0.841. The number of halogens is 1. The van der Waals surface area contributed by atoms with E-state index in [2.05, 4.69) is 15.6 Å². The first-order valence-corrected chi connectivity index (χ1v) is 6.91. The number of aromatic nitrogens is 1. The molecule has 0 radical (unpaired) electrons. The third kappa shape index (κ3) is 3.49. The molecule has 1 fully saturated rings. The van der Waals surface area contributed by atoms with Crippen molar-refractivity contribution in [1.29, 1.82) is 0 Å². The number of hydrogen-bond donors (Lipinski definition) is 2. The number of oxazole rings is 1. The number of carbonyl (C=O) groups is 2. The normalized spacial score (nSPS) is 13.7. The summed E-state index contributed by atoms with van der Waals surface area (Å²) in [6.07, 6.45) is 2.93. The monoisotopic (exact) mass is 303 g/mol. The highest BCUT2D eigenvalue weighted by atomic mass is 19.1. The van der Waals surface area contributed by atoms with Crippen LogP contribution in [0, 0.1) is 11.7 Å². The van der Waals surface area contributed by atoms with Crippen LogP contribution in [-0.2, 0) is 11.3 Å². The maximum atomic E-state index is 12.8. The molecule has 1 saturated carbocycles. The number of hydrogen-bond acceptors (Lipinski definition) is 4. The zero-order chi connectivity index (χ0) is 15.5. The van der Waals surface area contributed by atoms with Crippen LogP contribution in [0.25, 0.3) is 0 Å². The highest BCUT2D eigenvalue weighted by molar-refractivity contribution is 5.94. The molecular weight excluding hydrogens is 289 g/mol. The number of nitrogens with zero attached hydrogens (tertiary/aromatic N) is 1. The lowest BCUT2D eigenvalue weighted by molar-refractivity contribution is -0.117. The molecule has 2 aromatic rings. The molecule has 0 aliphatic heterocycles. The van der Waals surface area contributed by atoms with Gasteiger partial charge >= 0.3 is 6.01 Å². The lowest BCUT2D eigenvalue weighted by Gasteiger charge is -2.02. The van der Waals surface area contributed by atoms with Crippen molar-refractivity contribution in [2.75, 3.05) is 5.32 Å². The largest absolute Gasteiger partial charge is 0.431 e. The fourth-order valence-corrected chi connectivity index (χ4v) is 1.86. The summed E-state index contributed by atoms with van der Waals surface area (Å²) in [6, 6.07) is 5.83. The minimum Gasteiger partial charge on any atom is -0.431 e. The second-order valence-electron chi connectivity index (χ2n) is 5.11. The van der Waals surface area contributed by atoms with E-state index in [1.54, 1.807) is 12.1 Å². The number of carbonyl (C=O) groups excluding carboxylic acids is 2. The second kappa shape index (κ2) is 5.97. The van der Waals surface area contributed by atoms with Gasteiger partial charge in [0.25, 0.3) is 5.91 Å². The van der Waals surface area contributed by atoms with E-state index in [0.717, 1.165) is 18.4 Å². The number of amides is 2. The molecule has 7 heteroatoms. The zero-order valence-corrected chi connectivity index (χ0v) is 11.6. The van der Waals surface area contributed by atoms with Crippen LogP contribution >= 0.6 is 0 Å². The van der Waals surface area contributed by atoms with Gasteiger partial charge in [-0.3, -0.25) is 14.9 Å². The molecule has 114 valence electrons. The minimum atomic E-state index is -0.431. The first kappa shape index (κ1) is 14.2. The minimum absolute atomic E-state index is 0.0174. The topological polar surface area (TPSA) is 84.2 Å². The quantitative estimate of drug-likeness (QED) is 0.886. The summed E-state index contributed by atoms with van der Waals surface area (Å²) in [7, 11) is 0. The SMILES string of the molecule is O=C(NCc1ccc(F)cc1)c1coc(NC(=O)C2CC2)n1. The van der Waals surface area contributed by atoms with Gasteiger partial charge in [0.2, 0.25) is 5.91 Å². The van der Waals surface area contributed by atoms with Crippen LogP contribution in [0.4, 0.5) is 10.4 Å². The van der Waals surface area contributed by atoms with E-state index >= 15 is 0 Å². The van der Waals surface area contributed by atoms with Gasteiger partial charge in [-0.25, -0.2) is 4.39 Å². The molecular formula is C15H14FN3O3. The van der Waals surface area contributed by atoms with Crippen LogP contribution in [0.1, 0.15) is 28.9 Å². The molecule has 0 spiro atoms. The van der Waals surface area contributed by atoms with Gasteiger partial charge in [0, 0.05) is 12.5 Å². The van der Waals surface area contributed by atoms with Gasteiger partial charge in [0.05, 0.1) is 0 Å². The van der Waals surface area contributed by atoms with Crippen LogP contribution in [0.15, 0.2) is 34.9 Å². The molecule has 1 aliphatic rings. The van der Waals surface area contributed by atoms with Gasteiger partial charge in [0.1, 0.15) is 12.1 Å². The summed E-state index contributed by atoms with van der Waals surface area (Å²) < 4.78 is 17.8. The molecule has 2 N–H and O–H groups in total. The highest BCUT2D eigenvalue weighted by Gasteiger charge is 2.30. The van der Waals surface area contributed by atoms with Crippen molar-refractivity contribution in [2.45, 2.75) is 19.4 Å². The Morgan fingerprint density at radius 1 is 1.27 bits per heavy atom. The maximum absolute atomic E-state index is 12.8. The molecule has 0 unspecified atom stereocenters. The Bertz CT molecular complexity index is 692. The van der Waals surface area contributed by atoms with Gasteiger partial charge in [-0.1, -0.05) is 12.1 Å². The lowest BCUT2D eigenvalue weighted by atomic mass is 10.2. The van der Waals surface area contributed by atoms with E-state index in [0.29, 0.717) is 0 Å². The van der Waals surface area contributed by atoms with Crippen molar-refractivity contribution < 1.29 is 18.4 Å². The molecule has 1 aromatic heterocycles. The average Bonchev–Trinajstić information content (AvgIpc) is 3.27. The Labute approximate surface area is 125 Å². The summed E-state index contributed by atoms with van der Waals surface area (Å²) >= 11 is 0. The average molecular weight is 303 g/mol. The number of nitrogens with one attached hydrogen (secondary N) is 2. The van der Waals surface area contributed by atoms with E-state index in [-0.39, 0.29) is 35.9 Å². The number of anilines is 1. The van der Waals surface area contributed by atoms with Gasteiger partial charge in [-0.05, 0) is 30.5 Å². The van der Waals surface area contributed by atoms with Crippen molar-refractivity contribution in [1.82, 2.24) is 10.3 Å². The Hall–Kier alpha value is -2.70. The van der Waals surface area contributed by atoms with Gasteiger partial charge in [0.15, 0.2) is 5.69 Å². The molecule has 0 saturated heterocycles. The molecule has 22 heavy (non-hydrogen) atoms. The van der Waals surface area contributed by atoms with Crippen LogP contribution < -0.4 is 10.6 Å². The van der Waals surface area contributed by atoms with Crippen molar-refractivity contribution in [3.05, 3.63) is 47.6 Å². The van der Waals surface area contributed by atoms with E-state index in [9.17, 15) is 14.0 Å². The molecule has 6 nitrogen and oxygen atoms in total. The van der Waals surface area contributed by atoms with Gasteiger partial charge in [-0.2, -0.15) is 4.98 Å². The second-order valence-corrected chi connectivity index (χ2v) is 5.11. The summed E-state index contributed by atoms with van der Waals surface area (Å²) in [5.74, 6) is -0.870. The van der Waals surface area contributed by atoms with Gasteiger partial charge in [-0.15, -0.1) is 0 Å². The molecule has 0 bridgehead atoms. The van der Waals surface area contributed by atoms with E-state index < -0.39 is 5.91 Å². The summed E-state index contributed by atoms with van der Waals surface area (Å²) in [5, 5.41) is 5.16. The standard InChI is InChI=1S/C15H14FN3O3/c16-11-5-1-9(2-6-11)7-17-14(21)12-8-22-15(18-12)19-13(20)10-3-4-10/h1-2,5-6,8,10H,3-4,7H2,(H,17,21)(H,18,19,20). The molecule has 0 atom stereocenters.